The molecule has 0 fully saturated rings. The summed E-state index contributed by atoms with van der Waals surface area (Å²) in [6, 6.07) is 14.0. The first-order chi connectivity index (χ1) is 10.1. The second-order valence-corrected chi connectivity index (χ2v) is 4.87. The van der Waals surface area contributed by atoms with Crippen molar-refractivity contribution in [1.29, 1.82) is 0 Å². The lowest BCUT2D eigenvalue weighted by atomic mass is 10.1. The lowest BCUT2D eigenvalue weighted by Gasteiger charge is -2.16. The van der Waals surface area contributed by atoms with Crippen molar-refractivity contribution >= 4 is 22.7 Å². The second kappa shape index (κ2) is 5.36. The van der Waals surface area contributed by atoms with Crippen LogP contribution in [-0.4, -0.2) is 9.97 Å². The highest BCUT2D eigenvalue weighted by molar-refractivity contribution is 5.89. The highest BCUT2D eigenvalue weighted by Gasteiger charge is 2.11. The molecule has 0 bridgehead atoms. The van der Waals surface area contributed by atoms with Crippen LogP contribution in [0.1, 0.15) is 18.5 Å². The van der Waals surface area contributed by atoms with Gasteiger partial charge in [-0.25, -0.2) is 9.37 Å². The van der Waals surface area contributed by atoms with E-state index in [4.69, 9.17) is 5.73 Å². The maximum atomic E-state index is 13.3. The Bertz CT molecular complexity index is 788. The minimum Gasteiger partial charge on any atom is -0.368 e. The monoisotopic (exact) mass is 282 g/mol. The number of fused-ring (bicyclic) bond motifs is 1. The zero-order valence-electron chi connectivity index (χ0n) is 11.5. The molecule has 0 aliphatic heterocycles. The highest BCUT2D eigenvalue weighted by atomic mass is 19.1. The Kier molecular flexibility index (Phi) is 3.39. The van der Waals surface area contributed by atoms with E-state index in [-0.39, 0.29) is 17.8 Å². The third-order valence-corrected chi connectivity index (χ3v) is 3.32. The standard InChI is InChI=1S/C16H15FN4/c1-10(11-5-4-6-12(17)9-11)19-15-13-7-2-3-8-14(13)20-16(18)21-15/h2-10H,1H3,(H3,18,19,20,21). The van der Waals surface area contributed by atoms with Gasteiger partial charge in [0.25, 0.3) is 0 Å². The molecule has 21 heavy (non-hydrogen) atoms. The van der Waals surface area contributed by atoms with Gasteiger partial charge in [0.1, 0.15) is 11.6 Å². The third kappa shape index (κ3) is 2.76. The first-order valence-electron chi connectivity index (χ1n) is 6.68. The van der Waals surface area contributed by atoms with Crippen molar-refractivity contribution in [3.8, 4) is 0 Å². The smallest absolute Gasteiger partial charge is 0.222 e. The Labute approximate surface area is 121 Å². The molecule has 0 saturated heterocycles. The summed E-state index contributed by atoms with van der Waals surface area (Å²) < 4.78 is 13.3. The molecule has 106 valence electrons. The number of nitrogens with one attached hydrogen (secondary N) is 1. The number of hydrogen-bond donors (Lipinski definition) is 2. The number of nitrogens with zero attached hydrogens (tertiary/aromatic N) is 2. The van der Waals surface area contributed by atoms with E-state index < -0.39 is 0 Å². The number of halogens is 1. The number of hydrogen-bond acceptors (Lipinski definition) is 4. The van der Waals surface area contributed by atoms with Crippen molar-refractivity contribution in [3.63, 3.8) is 0 Å². The minimum absolute atomic E-state index is 0.0987. The van der Waals surface area contributed by atoms with E-state index in [1.807, 2.05) is 37.3 Å². The van der Waals surface area contributed by atoms with Gasteiger partial charge in [0.2, 0.25) is 5.95 Å². The molecular weight excluding hydrogens is 267 g/mol. The van der Waals surface area contributed by atoms with Crippen LogP contribution in [0, 0.1) is 5.82 Å². The van der Waals surface area contributed by atoms with Crippen LogP contribution in [0.5, 0.6) is 0 Å². The molecule has 3 aromatic rings. The maximum Gasteiger partial charge on any atom is 0.222 e. The van der Waals surface area contributed by atoms with Crippen LogP contribution in [-0.2, 0) is 0 Å². The van der Waals surface area contributed by atoms with E-state index in [0.29, 0.717) is 5.82 Å². The van der Waals surface area contributed by atoms with Crippen molar-refractivity contribution in [2.45, 2.75) is 13.0 Å². The number of nitrogen functional groups attached to an aromatic ring is 1. The fourth-order valence-electron chi connectivity index (χ4n) is 2.27. The Morgan fingerprint density at radius 2 is 1.90 bits per heavy atom. The van der Waals surface area contributed by atoms with Gasteiger partial charge in [-0.05, 0) is 36.8 Å². The molecule has 0 amide bonds. The lowest BCUT2D eigenvalue weighted by molar-refractivity contribution is 0.623. The number of para-hydroxylation sites is 1. The summed E-state index contributed by atoms with van der Waals surface area (Å²) >= 11 is 0. The Hall–Kier alpha value is -2.69. The first-order valence-corrected chi connectivity index (χ1v) is 6.68. The molecule has 0 saturated carbocycles. The van der Waals surface area contributed by atoms with Gasteiger partial charge in [-0.3, -0.25) is 0 Å². The van der Waals surface area contributed by atoms with E-state index in [0.717, 1.165) is 16.5 Å². The predicted octanol–water partition coefficient (Wildman–Crippen LogP) is 3.52. The van der Waals surface area contributed by atoms with Crippen LogP contribution in [0.3, 0.4) is 0 Å². The summed E-state index contributed by atoms with van der Waals surface area (Å²) in [7, 11) is 0. The molecule has 3 rings (SSSR count). The van der Waals surface area contributed by atoms with E-state index in [1.165, 1.54) is 12.1 Å². The highest BCUT2D eigenvalue weighted by Crippen LogP contribution is 2.25. The van der Waals surface area contributed by atoms with E-state index in [9.17, 15) is 4.39 Å². The summed E-state index contributed by atoms with van der Waals surface area (Å²) in [4.78, 5) is 8.45. The average molecular weight is 282 g/mol. The van der Waals surface area contributed by atoms with E-state index in [1.54, 1.807) is 6.07 Å². The van der Waals surface area contributed by atoms with Crippen molar-refractivity contribution in [2.75, 3.05) is 11.1 Å². The molecular formula is C16H15FN4. The minimum atomic E-state index is -0.256. The molecule has 4 nitrogen and oxygen atoms in total. The van der Waals surface area contributed by atoms with Gasteiger partial charge in [-0.15, -0.1) is 0 Å². The van der Waals surface area contributed by atoms with Gasteiger partial charge < -0.3 is 11.1 Å². The molecule has 0 aliphatic rings. The molecule has 1 aromatic heterocycles. The molecule has 0 spiro atoms. The summed E-state index contributed by atoms with van der Waals surface area (Å²) in [6.45, 7) is 1.95. The summed E-state index contributed by atoms with van der Waals surface area (Å²) in [6.07, 6.45) is 0. The van der Waals surface area contributed by atoms with Crippen molar-refractivity contribution in [1.82, 2.24) is 9.97 Å². The van der Waals surface area contributed by atoms with Crippen LogP contribution in [0.25, 0.3) is 10.9 Å². The zero-order valence-corrected chi connectivity index (χ0v) is 11.5. The predicted molar refractivity (Wildman–Crippen MR) is 82.4 cm³/mol. The normalized spacial score (nSPS) is 12.3. The fraction of sp³-hybridized carbons (Fsp3) is 0.125. The summed E-state index contributed by atoms with van der Waals surface area (Å²) in [5.74, 6) is 0.603. The molecule has 0 radical (unpaired) electrons. The van der Waals surface area contributed by atoms with Gasteiger partial charge in [-0.1, -0.05) is 24.3 Å². The largest absolute Gasteiger partial charge is 0.368 e. The number of rotatable bonds is 3. The lowest BCUT2D eigenvalue weighted by Crippen LogP contribution is -2.10. The van der Waals surface area contributed by atoms with Crippen LogP contribution in [0.2, 0.25) is 0 Å². The van der Waals surface area contributed by atoms with Crippen molar-refractivity contribution < 1.29 is 4.39 Å². The first kappa shape index (κ1) is 13.3. The van der Waals surface area contributed by atoms with E-state index >= 15 is 0 Å². The molecule has 5 heteroatoms. The number of aromatic nitrogens is 2. The number of benzene rings is 2. The number of anilines is 2. The summed E-state index contributed by atoms with van der Waals surface area (Å²) in [5.41, 5.74) is 7.36. The Morgan fingerprint density at radius 3 is 2.71 bits per heavy atom. The topological polar surface area (TPSA) is 63.8 Å². The second-order valence-electron chi connectivity index (χ2n) is 4.87. The van der Waals surface area contributed by atoms with Crippen LogP contribution >= 0.6 is 0 Å². The number of nitrogens with two attached hydrogens (primary N) is 1. The SMILES string of the molecule is CC(Nc1nc(N)nc2ccccc12)c1cccc(F)c1. The molecule has 2 aromatic carbocycles. The average Bonchev–Trinajstić information content (AvgIpc) is 2.47. The van der Waals surface area contributed by atoms with Gasteiger partial charge in [0, 0.05) is 5.39 Å². The molecule has 0 aliphatic carbocycles. The Balaban J connectivity index is 1.98. The fourth-order valence-corrected chi connectivity index (χ4v) is 2.27. The Morgan fingerprint density at radius 1 is 1.10 bits per heavy atom. The summed E-state index contributed by atoms with van der Waals surface area (Å²) in [5, 5.41) is 4.16. The van der Waals surface area contributed by atoms with E-state index in [2.05, 4.69) is 15.3 Å². The van der Waals surface area contributed by atoms with Gasteiger partial charge in [-0.2, -0.15) is 4.98 Å². The van der Waals surface area contributed by atoms with Crippen molar-refractivity contribution in [2.24, 2.45) is 0 Å². The van der Waals surface area contributed by atoms with Gasteiger partial charge in [0.05, 0.1) is 11.6 Å². The molecule has 1 heterocycles. The quantitative estimate of drug-likeness (QED) is 0.771. The zero-order chi connectivity index (χ0) is 14.8. The third-order valence-electron chi connectivity index (χ3n) is 3.32. The van der Waals surface area contributed by atoms with Crippen LogP contribution in [0.15, 0.2) is 48.5 Å². The van der Waals surface area contributed by atoms with Crippen LogP contribution < -0.4 is 11.1 Å². The maximum absolute atomic E-state index is 13.3. The van der Waals surface area contributed by atoms with Crippen molar-refractivity contribution in [3.05, 3.63) is 59.9 Å². The molecule has 1 unspecified atom stereocenters. The molecule has 3 N–H and O–H groups in total. The van der Waals surface area contributed by atoms with Gasteiger partial charge >= 0.3 is 0 Å². The molecule has 1 atom stereocenters. The van der Waals surface area contributed by atoms with Crippen LogP contribution in [0.4, 0.5) is 16.2 Å². The van der Waals surface area contributed by atoms with Gasteiger partial charge in [0.15, 0.2) is 0 Å².